The van der Waals surface area contributed by atoms with E-state index in [4.69, 9.17) is 5.73 Å². The number of nitrogen functional groups attached to an aromatic ring is 1. The summed E-state index contributed by atoms with van der Waals surface area (Å²) in [5, 5.41) is 10.7. The summed E-state index contributed by atoms with van der Waals surface area (Å²) in [6, 6.07) is 1.20. The molecule has 1 aromatic rings. The summed E-state index contributed by atoms with van der Waals surface area (Å²) in [5.74, 6) is 1.64. The predicted molar refractivity (Wildman–Crippen MR) is 73.1 cm³/mol. The highest BCUT2D eigenvalue weighted by Crippen LogP contribution is 2.20. The van der Waals surface area contributed by atoms with Crippen molar-refractivity contribution in [2.45, 2.75) is 6.42 Å². The van der Waals surface area contributed by atoms with Crippen molar-refractivity contribution in [1.29, 1.82) is 0 Å². The van der Waals surface area contributed by atoms with Gasteiger partial charge < -0.3 is 10.6 Å². The highest BCUT2D eigenvalue weighted by atomic mass is 32.2. The third kappa shape index (κ3) is 3.14. The van der Waals surface area contributed by atoms with Gasteiger partial charge in [-0.1, -0.05) is 0 Å². The van der Waals surface area contributed by atoms with E-state index in [1.54, 1.807) is 16.7 Å². The molecule has 8 heteroatoms. The van der Waals surface area contributed by atoms with E-state index in [9.17, 15) is 14.9 Å². The highest BCUT2D eigenvalue weighted by molar-refractivity contribution is 7.99. The second kappa shape index (κ2) is 5.87. The zero-order valence-electron chi connectivity index (χ0n) is 10.2. The van der Waals surface area contributed by atoms with Crippen molar-refractivity contribution in [3.05, 3.63) is 27.9 Å². The van der Waals surface area contributed by atoms with Gasteiger partial charge in [-0.05, 0) is 12.2 Å². The largest absolute Gasteiger partial charge is 0.383 e. The Hall–Kier alpha value is -1.83. The fourth-order valence-electron chi connectivity index (χ4n) is 1.85. The Bertz CT molecular complexity index is 501. The van der Waals surface area contributed by atoms with E-state index in [1.165, 1.54) is 6.07 Å². The van der Waals surface area contributed by atoms with Crippen LogP contribution in [0.25, 0.3) is 0 Å². The highest BCUT2D eigenvalue weighted by Gasteiger charge is 2.22. The van der Waals surface area contributed by atoms with Gasteiger partial charge in [0, 0.05) is 24.9 Å². The summed E-state index contributed by atoms with van der Waals surface area (Å²) in [6.45, 7) is 1.28. The molecule has 0 spiro atoms. The minimum atomic E-state index is -0.582. The summed E-state index contributed by atoms with van der Waals surface area (Å²) in [5.41, 5.74) is 5.54. The lowest BCUT2D eigenvalue weighted by Gasteiger charge is -2.20. The number of amides is 1. The molecule has 0 radical (unpaired) electrons. The van der Waals surface area contributed by atoms with Gasteiger partial charge in [0.15, 0.2) is 0 Å². The Labute approximate surface area is 114 Å². The number of thioether (sulfide) groups is 1. The van der Waals surface area contributed by atoms with E-state index >= 15 is 0 Å². The molecule has 1 amide bonds. The maximum absolute atomic E-state index is 12.3. The summed E-state index contributed by atoms with van der Waals surface area (Å²) < 4.78 is 0. The second-order valence-corrected chi connectivity index (χ2v) is 5.37. The first kappa shape index (κ1) is 13.6. The monoisotopic (exact) mass is 282 g/mol. The van der Waals surface area contributed by atoms with Crippen molar-refractivity contribution >= 4 is 29.2 Å². The summed E-state index contributed by atoms with van der Waals surface area (Å²) in [7, 11) is 0. The minimum Gasteiger partial charge on any atom is -0.383 e. The Morgan fingerprint density at radius 2 is 2.26 bits per heavy atom. The maximum Gasteiger partial charge on any atom is 0.288 e. The van der Waals surface area contributed by atoms with Crippen LogP contribution < -0.4 is 5.73 Å². The second-order valence-electron chi connectivity index (χ2n) is 4.14. The Morgan fingerprint density at radius 3 is 3.00 bits per heavy atom. The predicted octanol–water partition coefficient (Wildman–Crippen LogP) is 1.15. The third-order valence-electron chi connectivity index (χ3n) is 2.85. The van der Waals surface area contributed by atoms with Crippen molar-refractivity contribution in [2.75, 3.05) is 30.3 Å². The van der Waals surface area contributed by atoms with Crippen LogP contribution in [0, 0.1) is 10.1 Å². The van der Waals surface area contributed by atoms with Crippen molar-refractivity contribution in [3.63, 3.8) is 0 Å². The number of nitrogens with two attached hydrogens (primary N) is 1. The summed E-state index contributed by atoms with van der Waals surface area (Å²) >= 11 is 1.80. The van der Waals surface area contributed by atoms with Crippen LogP contribution in [0.3, 0.4) is 0 Å². The minimum absolute atomic E-state index is 0.0347. The fourth-order valence-corrected chi connectivity index (χ4v) is 2.74. The van der Waals surface area contributed by atoms with E-state index in [2.05, 4.69) is 4.98 Å². The van der Waals surface area contributed by atoms with E-state index in [0.29, 0.717) is 13.1 Å². The standard InChI is InChI=1S/C11H14N4O3S/c12-10-9(6-8(7-13-10)15(17)18)11(16)14-2-1-4-19-5-3-14/h6-7H,1-5H2,(H2,12,13). The molecule has 1 aliphatic rings. The third-order valence-corrected chi connectivity index (χ3v) is 3.90. The first-order valence-electron chi connectivity index (χ1n) is 5.86. The van der Waals surface area contributed by atoms with Gasteiger partial charge >= 0.3 is 0 Å². The van der Waals surface area contributed by atoms with Gasteiger partial charge in [-0.15, -0.1) is 0 Å². The molecule has 1 saturated heterocycles. The molecule has 1 aromatic heterocycles. The molecule has 0 unspecified atom stereocenters. The Kier molecular flexibility index (Phi) is 4.20. The maximum atomic E-state index is 12.3. The van der Waals surface area contributed by atoms with Crippen LogP contribution in [0.5, 0.6) is 0 Å². The van der Waals surface area contributed by atoms with Gasteiger partial charge in [-0.25, -0.2) is 4.98 Å². The number of aromatic nitrogens is 1. The molecular formula is C11H14N4O3S. The van der Waals surface area contributed by atoms with Gasteiger partial charge in [0.05, 0.1) is 10.5 Å². The molecule has 2 N–H and O–H groups in total. The first-order chi connectivity index (χ1) is 9.09. The zero-order chi connectivity index (χ0) is 13.8. The number of pyridine rings is 1. The van der Waals surface area contributed by atoms with Crippen LogP contribution in [0.4, 0.5) is 11.5 Å². The number of hydrogen-bond acceptors (Lipinski definition) is 6. The average molecular weight is 282 g/mol. The molecule has 2 rings (SSSR count). The van der Waals surface area contributed by atoms with E-state index < -0.39 is 4.92 Å². The van der Waals surface area contributed by atoms with Gasteiger partial charge in [-0.2, -0.15) is 11.8 Å². The van der Waals surface area contributed by atoms with Crippen molar-refractivity contribution in [2.24, 2.45) is 0 Å². The smallest absolute Gasteiger partial charge is 0.288 e. The summed E-state index contributed by atoms with van der Waals surface area (Å²) in [4.78, 5) is 27.9. The van der Waals surface area contributed by atoms with Crippen LogP contribution in [-0.4, -0.2) is 45.3 Å². The molecule has 1 fully saturated rings. The number of carbonyl (C=O) groups is 1. The number of rotatable bonds is 2. The van der Waals surface area contributed by atoms with Gasteiger partial charge in [0.25, 0.3) is 11.6 Å². The number of nitro groups is 1. The molecule has 1 aliphatic heterocycles. The van der Waals surface area contributed by atoms with E-state index in [1.807, 2.05) is 0 Å². The summed E-state index contributed by atoms with van der Waals surface area (Å²) in [6.07, 6.45) is 1.98. The van der Waals surface area contributed by atoms with E-state index in [0.717, 1.165) is 24.1 Å². The van der Waals surface area contributed by atoms with Crippen LogP contribution >= 0.6 is 11.8 Å². The lowest BCUT2D eigenvalue weighted by molar-refractivity contribution is -0.385. The molecule has 19 heavy (non-hydrogen) atoms. The topological polar surface area (TPSA) is 102 Å². The molecule has 2 heterocycles. The van der Waals surface area contributed by atoms with Crippen LogP contribution in [-0.2, 0) is 0 Å². The SMILES string of the molecule is Nc1ncc([N+](=O)[O-])cc1C(=O)N1CCCSCC1. The Morgan fingerprint density at radius 1 is 1.47 bits per heavy atom. The van der Waals surface area contributed by atoms with Crippen molar-refractivity contribution < 1.29 is 9.72 Å². The van der Waals surface area contributed by atoms with Gasteiger partial charge in [0.1, 0.15) is 12.0 Å². The molecule has 0 atom stereocenters. The molecule has 0 bridgehead atoms. The first-order valence-corrected chi connectivity index (χ1v) is 7.02. The molecule has 0 aromatic carbocycles. The number of anilines is 1. The molecule has 0 saturated carbocycles. The number of carbonyl (C=O) groups excluding carboxylic acids is 1. The molecular weight excluding hydrogens is 268 g/mol. The van der Waals surface area contributed by atoms with Crippen LogP contribution in [0.15, 0.2) is 12.3 Å². The number of nitrogens with zero attached hydrogens (tertiary/aromatic N) is 3. The molecule has 0 aliphatic carbocycles. The lowest BCUT2D eigenvalue weighted by atomic mass is 10.2. The Balaban J connectivity index is 2.26. The zero-order valence-corrected chi connectivity index (χ0v) is 11.1. The normalized spacial score (nSPS) is 15.9. The van der Waals surface area contributed by atoms with Gasteiger partial charge in [0.2, 0.25) is 0 Å². The fraction of sp³-hybridized carbons (Fsp3) is 0.455. The average Bonchev–Trinajstić information content (AvgIpc) is 2.67. The van der Waals surface area contributed by atoms with Gasteiger partial charge in [-0.3, -0.25) is 14.9 Å². The molecule has 102 valence electrons. The van der Waals surface area contributed by atoms with E-state index in [-0.39, 0.29) is 23.0 Å². The quantitative estimate of drug-likeness (QED) is 0.644. The van der Waals surface area contributed by atoms with Crippen LogP contribution in [0.2, 0.25) is 0 Å². The van der Waals surface area contributed by atoms with Crippen molar-refractivity contribution in [1.82, 2.24) is 9.88 Å². The number of hydrogen-bond donors (Lipinski definition) is 1. The van der Waals surface area contributed by atoms with Crippen LogP contribution in [0.1, 0.15) is 16.8 Å². The van der Waals surface area contributed by atoms with Crippen molar-refractivity contribution in [3.8, 4) is 0 Å². The molecule has 7 nitrogen and oxygen atoms in total. The lowest BCUT2D eigenvalue weighted by Crippen LogP contribution is -2.33.